The summed E-state index contributed by atoms with van der Waals surface area (Å²) in [6.45, 7) is 6.85. The van der Waals surface area contributed by atoms with Gasteiger partial charge in [-0.15, -0.1) is 24.0 Å². The molecule has 8 heteroatoms. The Morgan fingerprint density at radius 2 is 2.00 bits per heavy atom. The Hall–Kier alpha value is -1.32. The second-order valence-electron chi connectivity index (χ2n) is 7.32. The van der Waals surface area contributed by atoms with Crippen molar-refractivity contribution in [3.8, 4) is 0 Å². The Balaban J connectivity index is 0.00000364. The SMILES string of the molecule is CN=C(NCCC(=O)NC1CCCC1)NC(C)Cc1c(C)nn(C)c1C.I. The van der Waals surface area contributed by atoms with Crippen molar-refractivity contribution in [1.29, 1.82) is 0 Å². The summed E-state index contributed by atoms with van der Waals surface area (Å²) >= 11 is 0. The number of halogens is 1. The summed E-state index contributed by atoms with van der Waals surface area (Å²) in [5.41, 5.74) is 3.55. The number of hydrogen-bond donors (Lipinski definition) is 3. The lowest BCUT2D eigenvalue weighted by atomic mass is 10.1. The first-order valence-corrected chi connectivity index (χ1v) is 9.66. The van der Waals surface area contributed by atoms with Crippen LogP contribution in [0.3, 0.4) is 0 Å². The van der Waals surface area contributed by atoms with Gasteiger partial charge in [-0.05, 0) is 45.6 Å². The van der Waals surface area contributed by atoms with E-state index in [-0.39, 0.29) is 35.9 Å². The number of aromatic nitrogens is 2. The molecule has 1 aromatic rings. The normalized spacial score (nSPS) is 16.0. The van der Waals surface area contributed by atoms with Crippen LogP contribution >= 0.6 is 24.0 Å². The first-order valence-electron chi connectivity index (χ1n) is 9.66. The van der Waals surface area contributed by atoms with Crippen molar-refractivity contribution < 1.29 is 4.79 Å². The van der Waals surface area contributed by atoms with E-state index in [1.807, 2.05) is 18.7 Å². The number of guanidine groups is 1. The van der Waals surface area contributed by atoms with Gasteiger partial charge in [0, 0.05) is 44.8 Å². The maximum absolute atomic E-state index is 12.0. The maximum atomic E-state index is 12.0. The molecule has 1 heterocycles. The van der Waals surface area contributed by atoms with Crippen LogP contribution in [0.15, 0.2) is 4.99 Å². The van der Waals surface area contributed by atoms with E-state index >= 15 is 0 Å². The lowest BCUT2D eigenvalue weighted by molar-refractivity contribution is -0.121. The largest absolute Gasteiger partial charge is 0.356 e. The molecule has 1 aliphatic rings. The minimum absolute atomic E-state index is 0. The molecule has 154 valence electrons. The lowest BCUT2D eigenvalue weighted by Gasteiger charge is -2.18. The fourth-order valence-corrected chi connectivity index (χ4v) is 3.56. The van der Waals surface area contributed by atoms with Crippen LogP contribution in [0.5, 0.6) is 0 Å². The number of aryl methyl sites for hydroxylation is 2. The van der Waals surface area contributed by atoms with Crippen LogP contribution < -0.4 is 16.0 Å². The molecule has 7 nitrogen and oxygen atoms in total. The topological polar surface area (TPSA) is 83.3 Å². The molecule has 27 heavy (non-hydrogen) atoms. The molecule has 3 N–H and O–H groups in total. The van der Waals surface area contributed by atoms with Crippen LogP contribution in [0.1, 0.15) is 56.0 Å². The van der Waals surface area contributed by atoms with E-state index in [0.29, 0.717) is 19.0 Å². The maximum Gasteiger partial charge on any atom is 0.221 e. The third-order valence-electron chi connectivity index (χ3n) is 5.14. The van der Waals surface area contributed by atoms with Gasteiger partial charge in [-0.2, -0.15) is 5.10 Å². The number of hydrogen-bond acceptors (Lipinski definition) is 3. The second-order valence-corrected chi connectivity index (χ2v) is 7.32. The summed E-state index contributed by atoms with van der Waals surface area (Å²) in [5, 5.41) is 14.2. The lowest BCUT2D eigenvalue weighted by Crippen LogP contribution is -2.44. The fourth-order valence-electron chi connectivity index (χ4n) is 3.56. The number of rotatable bonds is 7. The van der Waals surface area contributed by atoms with Crippen molar-refractivity contribution in [2.24, 2.45) is 12.0 Å². The molecule has 0 aromatic carbocycles. The zero-order valence-corrected chi connectivity index (χ0v) is 19.6. The molecule has 1 atom stereocenters. The summed E-state index contributed by atoms with van der Waals surface area (Å²) in [7, 11) is 3.72. The van der Waals surface area contributed by atoms with E-state index < -0.39 is 0 Å². The van der Waals surface area contributed by atoms with Gasteiger partial charge < -0.3 is 16.0 Å². The Morgan fingerprint density at radius 1 is 1.33 bits per heavy atom. The van der Waals surface area contributed by atoms with Crippen molar-refractivity contribution in [2.45, 2.75) is 71.4 Å². The predicted molar refractivity (Wildman–Crippen MR) is 121 cm³/mol. The Kier molecular flexibility index (Phi) is 10.1. The molecule has 0 bridgehead atoms. The predicted octanol–water partition coefficient (Wildman–Crippen LogP) is 2.20. The van der Waals surface area contributed by atoms with E-state index in [2.05, 4.69) is 39.9 Å². The van der Waals surface area contributed by atoms with Crippen molar-refractivity contribution in [3.63, 3.8) is 0 Å². The highest BCUT2D eigenvalue weighted by molar-refractivity contribution is 14.0. The van der Waals surface area contributed by atoms with Crippen LogP contribution in [0.4, 0.5) is 0 Å². The molecule has 0 saturated heterocycles. The van der Waals surface area contributed by atoms with E-state index in [1.165, 1.54) is 24.1 Å². The summed E-state index contributed by atoms with van der Waals surface area (Å²) in [6.07, 6.45) is 6.04. The highest BCUT2D eigenvalue weighted by Crippen LogP contribution is 2.17. The quantitative estimate of drug-likeness (QED) is 0.311. The zero-order valence-electron chi connectivity index (χ0n) is 17.3. The minimum Gasteiger partial charge on any atom is -0.356 e. The molecular weight excluding hydrogens is 455 g/mol. The van der Waals surface area contributed by atoms with Crippen molar-refractivity contribution in [3.05, 3.63) is 17.0 Å². The van der Waals surface area contributed by atoms with Crippen molar-refractivity contribution in [2.75, 3.05) is 13.6 Å². The minimum atomic E-state index is 0. The Labute approximate surface area is 180 Å². The van der Waals surface area contributed by atoms with Gasteiger partial charge in [0.1, 0.15) is 0 Å². The molecule has 0 radical (unpaired) electrons. The van der Waals surface area contributed by atoms with Gasteiger partial charge in [0.15, 0.2) is 5.96 Å². The molecule has 1 aliphatic carbocycles. The Morgan fingerprint density at radius 3 is 2.56 bits per heavy atom. The van der Waals surface area contributed by atoms with E-state index in [1.54, 1.807) is 7.05 Å². The zero-order chi connectivity index (χ0) is 19.1. The summed E-state index contributed by atoms with van der Waals surface area (Å²) < 4.78 is 1.92. The van der Waals surface area contributed by atoms with Crippen LogP contribution in [0.2, 0.25) is 0 Å². The van der Waals surface area contributed by atoms with Crippen LogP contribution in [-0.2, 0) is 18.3 Å². The molecule has 1 fully saturated rings. The van der Waals surface area contributed by atoms with Gasteiger partial charge in [0.2, 0.25) is 5.91 Å². The number of aliphatic imine (C=N–C) groups is 1. The van der Waals surface area contributed by atoms with Crippen molar-refractivity contribution >= 4 is 35.8 Å². The highest BCUT2D eigenvalue weighted by atomic mass is 127. The van der Waals surface area contributed by atoms with Crippen molar-refractivity contribution in [1.82, 2.24) is 25.7 Å². The van der Waals surface area contributed by atoms with E-state index in [4.69, 9.17) is 0 Å². The molecular formula is C19H35IN6O. The average molecular weight is 490 g/mol. The first-order chi connectivity index (χ1) is 12.4. The van der Waals surface area contributed by atoms with Gasteiger partial charge in [0.05, 0.1) is 5.69 Å². The molecule has 0 spiro atoms. The summed E-state index contributed by atoms with van der Waals surface area (Å²) in [5.74, 6) is 0.847. The second kappa shape index (κ2) is 11.5. The van der Waals surface area contributed by atoms with Crippen LogP contribution in [0.25, 0.3) is 0 Å². The number of nitrogens with zero attached hydrogens (tertiary/aromatic N) is 3. The van der Waals surface area contributed by atoms with E-state index in [9.17, 15) is 4.79 Å². The average Bonchev–Trinajstić information content (AvgIpc) is 3.18. The van der Waals surface area contributed by atoms with Crippen LogP contribution in [0, 0.1) is 13.8 Å². The number of amides is 1. The molecule has 0 aliphatic heterocycles. The third-order valence-corrected chi connectivity index (χ3v) is 5.14. The van der Waals surface area contributed by atoms with Gasteiger partial charge >= 0.3 is 0 Å². The molecule has 1 unspecified atom stereocenters. The van der Waals surface area contributed by atoms with Crippen LogP contribution in [-0.4, -0.2) is 47.3 Å². The third kappa shape index (κ3) is 7.31. The standard InChI is InChI=1S/C19H34N6O.HI/c1-13(12-17-14(2)24-25(5)15(17)3)22-19(20-4)21-11-10-18(26)23-16-8-6-7-9-16;/h13,16H,6-12H2,1-5H3,(H,23,26)(H2,20,21,22);1H. The summed E-state index contributed by atoms with van der Waals surface area (Å²) in [4.78, 5) is 16.3. The number of carbonyl (C=O) groups excluding carboxylic acids is 1. The van der Waals surface area contributed by atoms with Gasteiger partial charge in [-0.1, -0.05) is 12.8 Å². The van der Waals surface area contributed by atoms with Gasteiger partial charge in [-0.25, -0.2) is 0 Å². The van der Waals surface area contributed by atoms with Gasteiger partial charge in [0.25, 0.3) is 0 Å². The highest BCUT2D eigenvalue weighted by Gasteiger charge is 2.17. The number of carbonyl (C=O) groups is 1. The monoisotopic (exact) mass is 490 g/mol. The smallest absolute Gasteiger partial charge is 0.221 e. The molecule has 1 saturated carbocycles. The number of nitrogens with one attached hydrogen (secondary N) is 3. The summed E-state index contributed by atoms with van der Waals surface area (Å²) in [6, 6.07) is 0.598. The van der Waals surface area contributed by atoms with E-state index in [0.717, 1.165) is 30.9 Å². The first kappa shape index (κ1) is 23.7. The molecule has 1 aromatic heterocycles. The molecule has 2 rings (SSSR count). The Bertz CT molecular complexity index is 636. The van der Waals surface area contributed by atoms with Gasteiger partial charge in [-0.3, -0.25) is 14.5 Å². The molecule has 1 amide bonds. The fraction of sp³-hybridized carbons (Fsp3) is 0.737.